The number of para-hydroxylation sites is 1. The second-order valence-corrected chi connectivity index (χ2v) is 8.25. The molecule has 6 heteroatoms. The molecular weight excluding hydrogens is 349 g/mol. The lowest BCUT2D eigenvalue weighted by Crippen LogP contribution is -2.41. The number of nitrogens with zero attached hydrogens (tertiary/aromatic N) is 3. The average molecular weight is 371 g/mol. The summed E-state index contributed by atoms with van der Waals surface area (Å²) in [6.45, 7) is 8.24. The number of aromatic nitrogens is 3. The summed E-state index contributed by atoms with van der Waals surface area (Å²) in [5.74, 6) is 0. The zero-order chi connectivity index (χ0) is 19.5. The van der Waals surface area contributed by atoms with E-state index in [0.29, 0.717) is 0 Å². The van der Waals surface area contributed by atoms with Crippen LogP contribution in [0, 0.1) is 0 Å². The van der Waals surface area contributed by atoms with Crippen LogP contribution < -0.4 is 5.59 Å². The molecule has 5 rings (SSSR count). The number of benzene rings is 1. The van der Waals surface area contributed by atoms with Crippen molar-refractivity contribution in [2.45, 2.75) is 38.9 Å². The Balaban J connectivity index is 1.72. The van der Waals surface area contributed by atoms with Crippen LogP contribution >= 0.6 is 0 Å². The highest BCUT2D eigenvalue weighted by Gasteiger charge is 2.53. The maximum atomic E-state index is 6.36. The van der Waals surface area contributed by atoms with Gasteiger partial charge in [-0.3, -0.25) is 0 Å². The zero-order valence-electron chi connectivity index (χ0n) is 16.5. The molecule has 0 saturated carbocycles. The van der Waals surface area contributed by atoms with E-state index in [1.165, 1.54) is 0 Å². The van der Waals surface area contributed by atoms with Crippen molar-refractivity contribution in [3.8, 4) is 11.4 Å². The van der Waals surface area contributed by atoms with Crippen LogP contribution in [-0.2, 0) is 9.31 Å². The number of fused-ring (bicyclic) bond motifs is 2. The van der Waals surface area contributed by atoms with Crippen LogP contribution in [-0.4, -0.2) is 32.7 Å². The molecule has 28 heavy (non-hydrogen) atoms. The molecular formula is C22H22BN3O2. The summed E-state index contributed by atoms with van der Waals surface area (Å²) in [6, 6.07) is 18.1. The Morgan fingerprint density at radius 3 is 2.32 bits per heavy atom. The first-order valence-electron chi connectivity index (χ1n) is 9.54. The summed E-state index contributed by atoms with van der Waals surface area (Å²) in [5.41, 5.74) is 3.41. The van der Waals surface area contributed by atoms with E-state index in [2.05, 4.69) is 39.8 Å². The van der Waals surface area contributed by atoms with Crippen LogP contribution in [0.2, 0.25) is 0 Å². The van der Waals surface area contributed by atoms with E-state index >= 15 is 0 Å². The second kappa shape index (κ2) is 5.90. The van der Waals surface area contributed by atoms with Gasteiger partial charge in [-0.2, -0.15) is 0 Å². The Kier molecular flexibility index (Phi) is 3.67. The molecule has 0 bridgehead atoms. The molecule has 0 spiro atoms. The molecule has 0 aliphatic carbocycles. The van der Waals surface area contributed by atoms with Crippen molar-refractivity contribution in [2.75, 3.05) is 0 Å². The molecule has 0 radical (unpaired) electrons. The van der Waals surface area contributed by atoms with Gasteiger partial charge in [0, 0.05) is 11.6 Å². The van der Waals surface area contributed by atoms with Gasteiger partial charge in [-0.15, -0.1) is 0 Å². The van der Waals surface area contributed by atoms with Crippen LogP contribution in [0.3, 0.4) is 0 Å². The molecule has 1 aliphatic rings. The molecule has 0 N–H and O–H groups in total. The third-order valence-electron chi connectivity index (χ3n) is 5.88. The molecule has 4 aromatic rings. The van der Waals surface area contributed by atoms with Crippen LogP contribution in [0.5, 0.6) is 0 Å². The fourth-order valence-corrected chi connectivity index (χ4v) is 3.58. The lowest BCUT2D eigenvalue weighted by molar-refractivity contribution is 0.00578. The zero-order valence-corrected chi connectivity index (χ0v) is 16.5. The summed E-state index contributed by atoms with van der Waals surface area (Å²) in [5, 5.41) is 1.10. The molecule has 1 saturated heterocycles. The molecule has 1 fully saturated rings. The van der Waals surface area contributed by atoms with Crippen molar-refractivity contribution in [1.82, 2.24) is 14.4 Å². The van der Waals surface area contributed by atoms with Crippen molar-refractivity contribution in [1.29, 1.82) is 0 Å². The predicted octanol–water partition coefficient (Wildman–Crippen LogP) is 3.85. The maximum Gasteiger partial charge on any atom is 0.515 e. The van der Waals surface area contributed by atoms with Crippen LogP contribution in [0.1, 0.15) is 27.7 Å². The van der Waals surface area contributed by atoms with Crippen molar-refractivity contribution < 1.29 is 9.31 Å². The largest absolute Gasteiger partial charge is 0.515 e. The molecule has 0 unspecified atom stereocenters. The number of rotatable bonds is 2. The fraction of sp³-hybridized carbons (Fsp3) is 0.273. The topological polar surface area (TPSA) is 48.7 Å². The maximum absolute atomic E-state index is 6.36. The van der Waals surface area contributed by atoms with Gasteiger partial charge in [0.05, 0.1) is 28.0 Å². The van der Waals surface area contributed by atoms with Gasteiger partial charge in [0.25, 0.3) is 0 Å². The van der Waals surface area contributed by atoms with Gasteiger partial charge in [-0.1, -0.05) is 30.3 Å². The van der Waals surface area contributed by atoms with Gasteiger partial charge in [-0.25, -0.2) is 9.97 Å². The smallest absolute Gasteiger partial charge is 0.398 e. The molecule has 0 atom stereocenters. The van der Waals surface area contributed by atoms with Crippen LogP contribution in [0.4, 0.5) is 0 Å². The molecule has 5 nitrogen and oxygen atoms in total. The van der Waals surface area contributed by atoms with Crippen LogP contribution in [0.15, 0.2) is 60.8 Å². The molecule has 3 aromatic heterocycles. The molecule has 1 aromatic carbocycles. The first kappa shape index (κ1) is 17.4. The van der Waals surface area contributed by atoms with Gasteiger partial charge >= 0.3 is 7.12 Å². The monoisotopic (exact) mass is 371 g/mol. The quantitative estimate of drug-likeness (QED) is 0.503. The number of imidazole rings is 1. The van der Waals surface area contributed by atoms with Gasteiger partial charge in [-0.05, 0) is 52.0 Å². The second-order valence-electron chi connectivity index (χ2n) is 8.25. The van der Waals surface area contributed by atoms with Crippen molar-refractivity contribution in [3.05, 3.63) is 60.8 Å². The molecule has 140 valence electrons. The normalized spacial score (nSPS) is 18.2. The van der Waals surface area contributed by atoms with Crippen molar-refractivity contribution >= 4 is 29.3 Å². The number of pyridine rings is 2. The average Bonchev–Trinajstić information content (AvgIpc) is 3.15. The minimum atomic E-state index is -0.523. The first-order chi connectivity index (χ1) is 13.4. The Morgan fingerprint density at radius 2 is 1.54 bits per heavy atom. The highest BCUT2D eigenvalue weighted by molar-refractivity contribution is 6.63. The van der Waals surface area contributed by atoms with E-state index in [1.807, 2.05) is 53.1 Å². The minimum absolute atomic E-state index is 0.426. The highest BCUT2D eigenvalue weighted by Crippen LogP contribution is 2.37. The Hall–Kier alpha value is -2.70. The third kappa shape index (κ3) is 2.56. The predicted molar refractivity (Wildman–Crippen MR) is 112 cm³/mol. The molecule has 0 amide bonds. The first-order valence-corrected chi connectivity index (χ1v) is 9.54. The van der Waals surface area contributed by atoms with Gasteiger partial charge in [0.15, 0.2) is 0 Å². The summed E-state index contributed by atoms with van der Waals surface area (Å²) in [7, 11) is -0.523. The number of hydrogen-bond acceptors (Lipinski definition) is 4. The lowest BCUT2D eigenvalue weighted by atomic mass is 9.82. The van der Waals surface area contributed by atoms with E-state index in [-0.39, 0.29) is 0 Å². The van der Waals surface area contributed by atoms with Crippen LogP contribution in [0.25, 0.3) is 27.9 Å². The Labute approximate surface area is 164 Å². The van der Waals surface area contributed by atoms with E-state index < -0.39 is 18.3 Å². The van der Waals surface area contributed by atoms with Gasteiger partial charge in [0.1, 0.15) is 11.3 Å². The van der Waals surface area contributed by atoms with Gasteiger partial charge in [0.2, 0.25) is 0 Å². The summed E-state index contributed by atoms with van der Waals surface area (Å²) < 4.78 is 14.7. The summed E-state index contributed by atoms with van der Waals surface area (Å²) >= 11 is 0. The molecule has 4 heterocycles. The summed E-state index contributed by atoms with van der Waals surface area (Å²) in [4.78, 5) is 9.73. The van der Waals surface area contributed by atoms with Gasteiger partial charge < -0.3 is 13.7 Å². The fourth-order valence-electron chi connectivity index (χ4n) is 3.58. The van der Waals surface area contributed by atoms with E-state index in [9.17, 15) is 0 Å². The van der Waals surface area contributed by atoms with E-state index in [0.717, 1.165) is 33.5 Å². The van der Waals surface area contributed by atoms with E-state index in [1.54, 1.807) is 0 Å². The SMILES string of the molecule is CC1(C)OB(c2c(-c3ccc4ccccc4n3)nc3ccccn23)OC1(C)C. The molecule has 1 aliphatic heterocycles. The van der Waals surface area contributed by atoms with Crippen molar-refractivity contribution in [2.24, 2.45) is 0 Å². The summed E-state index contributed by atoms with van der Waals surface area (Å²) in [6.07, 6.45) is 1.99. The Bertz CT molecular complexity index is 1180. The lowest BCUT2D eigenvalue weighted by Gasteiger charge is -2.32. The minimum Gasteiger partial charge on any atom is -0.398 e. The van der Waals surface area contributed by atoms with E-state index in [4.69, 9.17) is 19.3 Å². The highest BCUT2D eigenvalue weighted by atomic mass is 16.7. The third-order valence-corrected chi connectivity index (χ3v) is 5.88. The standard InChI is InChI=1S/C22H22BN3O2/c1-21(2)22(3,4)28-23(27-21)20-19(25-18-11-7-8-14-26(18)20)17-13-12-15-9-5-6-10-16(15)24-17/h5-14H,1-4H3. The Morgan fingerprint density at radius 1 is 0.821 bits per heavy atom. The van der Waals surface area contributed by atoms with Crippen molar-refractivity contribution in [3.63, 3.8) is 0 Å². The number of hydrogen-bond donors (Lipinski definition) is 0.